The highest BCUT2D eigenvalue weighted by molar-refractivity contribution is 7.90. The Morgan fingerprint density at radius 2 is 1.73 bits per heavy atom. The van der Waals surface area contributed by atoms with Crippen LogP contribution in [0, 0.1) is 0 Å². The molecule has 154 valence electrons. The predicted molar refractivity (Wildman–Crippen MR) is 117 cm³/mol. The summed E-state index contributed by atoms with van der Waals surface area (Å²) in [6, 6.07) is 19.6. The zero-order chi connectivity index (χ0) is 21.1. The van der Waals surface area contributed by atoms with Gasteiger partial charge in [-0.3, -0.25) is 0 Å². The second-order valence-corrected chi connectivity index (χ2v) is 8.51. The first kappa shape index (κ1) is 20.3. The molecule has 0 spiro atoms. The standard InChI is InChI=1S/C22H19ClN2O4S/c1-2-28-19-13-16(12-17(23)21(19)29-14-15-8-4-3-5-9-15)22-24-18-10-6-7-11-20(18)30(26,27)25-22/h3-13H,2,14H2,1H3,(H,24,25). The van der Waals surface area contributed by atoms with Gasteiger partial charge >= 0.3 is 0 Å². The molecule has 1 aliphatic rings. The van der Waals surface area contributed by atoms with Crippen LogP contribution < -0.4 is 14.8 Å². The number of benzene rings is 3. The van der Waals surface area contributed by atoms with Crippen LogP contribution >= 0.6 is 11.6 Å². The number of fused-ring (bicyclic) bond motifs is 1. The summed E-state index contributed by atoms with van der Waals surface area (Å²) in [5.41, 5.74) is 1.93. The maximum Gasteiger partial charge on any atom is 0.286 e. The van der Waals surface area contributed by atoms with Crippen LogP contribution in [0.1, 0.15) is 18.1 Å². The minimum Gasteiger partial charge on any atom is -0.490 e. The molecule has 0 saturated heterocycles. The zero-order valence-electron chi connectivity index (χ0n) is 16.1. The van der Waals surface area contributed by atoms with Gasteiger partial charge in [-0.05, 0) is 36.8 Å². The summed E-state index contributed by atoms with van der Waals surface area (Å²) in [4.78, 5) is 0.132. The molecular weight excluding hydrogens is 424 g/mol. The molecule has 6 nitrogen and oxygen atoms in total. The maximum absolute atomic E-state index is 12.6. The highest BCUT2D eigenvalue weighted by atomic mass is 35.5. The van der Waals surface area contributed by atoms with Crippen molar-refractivity contribution in [2.75, 3.05) is 11.9 Å². The van der Waals surface area contributed by atoms with Crippen molar-refractivity contribution in [3.63, 3.8) is 0 Å². The van der Waals surface area contributed by atoms with E-state index in [9.17, 15) is 8.42 Å². The van der Waals surface area contributed by atoms with Crippen molar-refractivity contribution < 1.29 is 17.9 Å². The van der Waals surface area contributed by atoms with Gasteiger partial charge in [-0.2, -0.15) is 8.42 Å². The summed E-state index contributed by atoms with van der Waals surface area (Å²) in [6.07, 6.45) is 0. The van der Waals surface area contributed by atoms with Crippen LogP contribution in [0.25, 0.3) is 0 Å². The Bertz CT molecular complexity index is 1210. The number of anilines is 1. The van der Waals surface area contributed by atoms with Gasteiger partial charge in [-0.15, -0.1) is 4.40 Å². The van der Waals surface area contributed by atoms with Gasteiger partial charge in [0, 0.05) is 5.56 Å². The SMILES string of the molecule is CCOc1cc(C2=NS(=O)(=O)c3ccccc3N2)cc(Cl)c1OCc1ccccc1. The molecular formula is C22H19ClN2O4S. The van der Waals surface area contributed by atoms with E-state index in [1.54, 1.807) is 30.3 Å². The molecule has 0 bridgehead atoms. The van der Waals surface area contributed by atoms with Gasteiger partial charge < -0.3 is 14.8 Å². The van der Waals surface area contributed by atoms with E-state index in [0.717, 1.165) is 5.56 Å². The van der Waals surface area contributed by atoms with Gasteiger partial charge in [0.05, 0.1) is 17.3 Å². The molecule has 8 heteroatoms. The molecule has 3 aromatic carbocycles. The molecule has 0 aliphatic carbocycles. The molecule has 0 unspecified atom stereocenters. The zero-order valence-corrected chi connectivity index (χ0v) is 17.7. The van der Waals surface area contributed by atoms with Crippen molar-refractivity contribution in [1.29, 1.82) is 0 Å². The number of sulfonamides is 1. The highest BCUT2D eigenvalue weighted by Crippen LogP contribution is 2.38. The maximum atomic E-state index is 12.6. The molecule has 0 amide bonds. The predicted octanol–water partition coefficient (Wildman–Crippen LogP) is 4.88. The van der Waals surface area contributed by atoms with E-state index >= 15 is 0 Å². The lowest BCUT2D eigenvalue weighted by atomic mass is 10.1. The number of amidine groups is 1. The van der Waals surface area contributed by atoms with Crippen molar-refractivity contribution in [3.8, 4) is 11.5 Å². The van der Waals surface area contributed by atoms with E-state index in [0.29, 0.717) is 41.0 Å². The number of rotatable bonds is 6. The second-order valence-electron chi connectivity index (χ2n) is 6.53. The highest BCUT2D eigenvalue weighted by Gasteiger charge is 2.26. The summed E-state index contributed by atoms with van der Waals surface area (Å²) < 4.78 is 40.7. The number of hydrogen-bond donors (Lipinski definition) is 1. The first-order valence-electron chi connectivity index (χ1n) is 9.32. The van der Waals surface area contributed by atoms with Crippen molar-refractivity contribution in [2.45, 2.75) is 18.4 Å². The Kier molecular flexibility index (Phi) is 5.65. The summed E-state index contributed by atoms with van der Waals surface area (Å²) in [5.74, 6) is 0.980. The molecule has 1 N–H and O–H groups in total. The summed E-state index contributed by atoms with van der Waals surface area (Å²) in [6.45, 7) is 2.56. The number of nitrogens with one attached hydrogen (secondary N) is 1. The molecule has 0 atom stereocenters. The van der Waals surface area contributed by atoms with E-state index in [1.807, 2.05) is 37.3 Å². The van der Waals surface area contributed by atoms with E-state index in [1.165, 1.54) is 6.07 Å². The molecule has 3 aromatic rings. The molecule has 1 aliphatic heterocycles. The summed E-state index contributed by atoms with van der Waals surface area (Å²) >= 11 is 6.49. The second kappa shape index (κ2) is 8.38. The van der Waals surface area contributed by atoms with Crippen molar-refractivity contribution in [2.24, 2.45) is 4.40 Å². The van der Waals surface area contributed by atoms with Crippen LogP contribution in [0.3, 0.4) is 0 Å². The van der Waals surface area contributed by atoms with E-state index in [-0.39, 0.29) is 10.7 Å². The minimum absolute atomic E-state index is 0.132. The Labute approximate surface area is 180 Å². The van der Waals surface area contributed by atoms with Crippen LogP contribution in [0.5, 0.6) is 11.5 Å². The Hall–Kier alpha value is -3.03. The lowest BCUT2D eigenvalue weighted by Crippen LogP contribution is -2.22. The van der Waals surface area contributed by atoms with Gasteiger partial charge in [0.15, 0.2) is 17.3 Å². The van der Waals surface area contributed by atoms with Crippen LogP contribution in [-0.4, -0.2) is 20.9 Å². The largest absolute Gasteiger partial charge is 0.490 e. The number of halogens is 1. The molecule has 1 heterocycles. The number of hydrogen-bond acceptors (Lipinski definition) is 5. The molecule has 0 saturated carbocycles. The van der Waals surface area contributed by atoms with E-state index < -0.39 is 10.0 Å². The molecule has 4 rings (SSSR count). The Morgan fingerprint density at radius 3 is 2.50 bits per heavy atom. The Balaban J connectivity index is 1.69. The molecule has 0 radical (unpaired) electrons. The van der Waals surface area contributed by atoms with Crippen LogP contribution in [0.2, 0.25) is 5.02 Å². The normalized spacial score (nSPS) is 14.3. The van der Waals surface area contributed by atoms with E-state index in [4.69, 9.17) is 21.1 Å². The van der Waals surface area contributed by atoms with E-state index in [2.05, 4.69) is 9.71 Å². The fraction of sp³-hybridized carbons (Fsp3) is 0.136. The fourth-order valence-corrected chi connectivity index (χ4v) is 4.48. The monoisotopic (exact) mass is 442 g/mol. The van der Waals surface area contributed by atoms with Crippen molar-refractivity contribution in [1.82, 2.24) is 0 Å². The summed E-state index contributed by atoms with van der Waals surface area (Å²) in [5, 5.41) is 3.36. The number of ether oxygens (including phenoxy) is 2. The smallest absolute Gasteiger partial charge is 0.286 e. The lowest BCUT2D eigenvalue weighted by molar-refractivity contribution is 0.269. The average Bonchev–Trinajstić information content (AvgIpc) is 2.73. The average molecular weight is 443 g/mol. The van der Waals surface area contributed by atoms with Gasteiger partial charge in [0.25, 0.3) is 10.0 Å². The van der Waals surface area contributed by atoms with Crippen LogP contribution in [-0.2, 0) is 16.6 Å². The van der Waals surface area contributed by atoms with Gasteiger partial charge in [0.2, 0.25) is 0 Å². The topological polar surface area (TPSA) is 77.0 Å². The third-order valence-corrected chi connectivity index (χ3v) is 6.05. The molecule has 30 heavy (non-hydrogen) atoms. The third-order valence-electron chi connectivity index (χ3n) is 4.44. The first-order valence-corrected chi connectivity index (χ1v) is 11.1. The quantitative estimate of drug-likeness (QED) is 0.588. The van der Waals surface area contributed by atoms with Crippen molar-refractivity contribution in [3.05, 3.63) is 82.9 Å². The van der Waals surface area contributed by atoms with Gasteiger partial charge in [-0.25, -0.2) is 0 Å². The minimum atomic E-state index is -3.82. The Morgan fingerprint density at radius 1 is 1.00 bits per heavy atom. The number of para-hydroxylation sites is 1. The summed E-state index contributed by atoms with van der Waals surface area (Å²) in [7, 11) is -3.82. The van der Waals surface area contributed by atoms with Gasteiger partial charge in [0.1, 0.15) is 11.5 Å². The first-order chi connectivity index (χ1) is 14.5. The lowest BCUT2D eigenvalue weighted by Gasteiger charge is -2.20. The van der Waals surface area contributed by atoms with Gasteiger partial charge in [-0.1, -0.05) is 54.1 Å². The number of nitrogens with zero attached hydrogens (tertiary/aromatic N) is 1. The van der Waals surface area contributed by atoms with Crippen LogP contribution in [0.15, 0.2) is 76.0 Å². The van der Waals surface area contributed by atoms with Crippen LogP contribution in [0.4, 0.5) is 5.69 Å². The fourth-order valence-electron chi connectivity index (χ4n) is 3.08. The molecule has 0 aromatic heterocycles. The third kappa shape index (κ3) is 4.13. The molecule has 0 fully saturated rings. The van der Waals surface area contributed by atoms with Crippen molar-refractivity contribution >= 4 is 33.1 Å².